The highest BCUT2D eigenvalue weighted by molar-refractivity contribution is 5.39. The van der Waals surface area contributed by atoms with E-state index in [0.29, 0.717) is 0 Å². The SMILES string of the molecule is C1=COc2c[nH]cc2O1. The first kappa shape index (κ1) is 4.49. The van der Waals surface area contributed by atoms with Gasteiger partial charge in [-0.25, -0.2) is 0 Å². The van der Waals surface area contributed by atoms with Gasteiger partial charge in [0.2, 0.25) is 0 Å². The molecule has 0 aromatic carbocycles. The highest BCUT2D eigenvalue weighted by atomic mass is 16.5. The van der Waals surface area contributed by atoms with Crippen LogP contribution in [0.15, 0.2) is 24.9 Å². The molecule has 2 rings (SSSR count). The van der Waals surface area contributed by atoms with Crippen molar-refractivity contribution in [1.29, 1.82) is 0 Å². The summed E-state index contributed by atoms with van der Waals surface area (Å²) in [6.45, 7) is 0. The normalized spacial score (nSPS) is 13.8. The zero-order chi connectivity index (χ0) is 6.10. The number of fused-ring (bicyclic) bond motifs is 1. The van der Waals surface area contributed by atoms with Gasteiger partial charge >= 0.3 is 0 Å². The molecule has 0 atom stereocenters. The van der Waals surface area contributed by atoms with Crippen LogP contribution in [0.4, 0.5) is 0 Å². The number of aromatic amines is 1. The minimum atomic E-state index is 0.734. The van der Waals surface area contributed by atoms with Gasteiger partial charge < -0.3 is 14.5 Å². The van der Waals surface area contributed by atoms with Crippen molar-refractivity contribution >= 4 is 0 Å². The lowest BCUT2D eigenvalue weighted by atomic mass is 10.5. The second-order valence-electron chi connectivity index (χ2n) is 1.69. The first-order chi connectivity index (χ1) is 4.47. The Labute approximate surface area is 51.9 Å². The number of ether oxygens (including phenoxy) is 2. The van der Waals surface area contributed by atoms with E-state index in [1.54, 1.807) is 12.4 Å². The summed E-state index contributed by atoms with van der Waals surface area (Å²) in [5.41, 5.74) is 0. The van der Waals surface area contributed by atoms with E-state index >= 15 is 0 Å². The lowest BCUT2D eigenvalue weighted by Gasteiger charge is -2.05. The Balaban J connectivity index is 2.46. The molecule has 0 radical (unpaired) electrons. The number of hydrogen-bond donors (Lipinski definition) is 1. The monoisotopic (exact) mass is 123 g/mol. The Morgan fingerprint density at radius 2 is 1.56 bits per heavy atom. The highest BCUT2D eigenvalue weighted by Crippen LogP contribution is 2.28. The number of hydrogen-bond acceptors (Lipinski definition) is 2. The van der Waals surface area contributed by atoms with E-state index < -0.39 is 0 Å². The maximum absolute atomic E-state index is 5.03. The van der Waals surface area contributed by atoms with Crippen LogP contribution in [0.2, 0.25) is 0 Å². The fourth-order valence-corrected chi connectivity index (χ4v) is 0.722. The van der Waals surface area contributed by atoms with E-state index in [4.69, 9.17) is 9.47 Å². The van der Waals surface area contributed by atoms with E-state index in [9.17, 15) is 0 Å². The molecule has 3 nitrogen and oxygen atoms in total. The van der Waals surface area contributed by atoms with Gasteiger partial charge in [0.15, 0.2) is 11.5 Å². The Kier molecular flexibility index (Phi) is 0.773. The molecule has 0 amide bonds. The number of nitrogens with one attached hydrogen (secondary N) is 1. The van der Waals surface area contributed by atoms with Crippen molar-refractivity contribution in [1.82, 2.24) is 4.98 Å². The van der Waals surface area contributed by atoms with Crippen LogP contribution in [0.3, 0.4) is 0 Å². The van der Waals surface area contributed by atoms with Crippen molar-refractivity contribution in [2.45, 2.75) is 0 Å². The zero-order valence-corrected chi connectivity index (χ0v) is 4.63. The molecule has 3 heteroatoms. The summed E-state index contributed by atoms with van der Waals surface area (Å²) >= 11 is 0. The largest absolute Gasteiger partial charge is 0.456 e. The molecule has 2 heterocycles. The Morgan fingerprint density at radius 1 is 1.00 bits per heavy atom. The molecule has 0 spiro atoms. The summed E-state index contributed by atoms with van der Waals surface area (Å²) in [7, 11) is 0. The van der Waals surface area contributed by atoms with Crippen LogP contribution in [0.25, 0.3) is 0 Å². The van der Waals surface area contributed by atoms with E-state index in [1.807, 2.05) is 0 Å². The van der Waals surface area contributed by atoms with Crippen LogP contribution in [0.1, 0.15) is 0 Å². The smallest absolute Gasteiger partial charge is 0.186 e. The minimum Gasteiger partial charge on any atom is -0.456 e. The Bertz CT molecular complexity index is 216. The first-order valence-electron chi connectivity index (χ1n) is 2.62. The van der Waals surface area contributed by atoms with Crippen LogP contribution in [0, 0.1) is 0 Å². The first-order valence-corrected chi connectivity index (χ1v) is 2.62. The van der Waals surface area contributed by atoms with Gasteiger partial charge in [0.05, 0.1) is 0 Å². The van der Waals surface area contributed by atoms with E-state index in [0.717, 1.165) is 11.5 Å². The molecule has 0 unspecified atom stereocenters. The highest BCUT2D eigenvalue weighted by Gasteiger charge is 2.06. The molecule has 1 aromatic heterocycles. The summed E-state index contributed by atoms with van der Waals surface area (Å²) in [4.78, 5) is 2.85. The quantitative estimate of drug-likeness (QED) is 0.563. The third-order valence-electron chi connectivity index (χ3n) is 1.12. The lowest BCUT2D eigenvalue weighted by molar-refractivity contribution is 0.365. The van der Waals surface area contributed by atoms with Gasteiger partial charge in [-0.2, -0.15) is 0 Å². The summed E-state index contributed by atoms with van der Waals surface area (Å²) < 4.78 is 10.1. The van der Waals surface area contributed by atoms with Crippen molar-refractivity contribution in [3.05, 3.63) is 24.9 Å². The molecule has 0 aliphatic carbocycles. The molecule has 1 N–H and O–H groups in total. The Morgan fingerprint density at radius 3 is 2.11 bits per heavy atom. The summed E-state index contributed by atoms with van der Waals surface area (Å²) in [5.74, 6) is 1.47. The second-order valence-corrected chi connectivity index (χ2v) is 1.69. The van der Waals surface area contributed by atoms with Gasteiger partial charge in [-0.05, 0) is 0 Å². The summed E-state index contributed by atoms with van der Waals surface area (Å²) in [6.07, 6.45) is 6.46. The molecule has 0 saturated heterocycles. The van der Waals surface area contributed by atoms with Gasteiger partial charge in [-0.1, -0.05) is 0 Å². The van der Waals surface area contributed by atoms with Gasteiger partial charge in [0.25, 0.3) is 0 Å². The van der Waals surface area contributed by atoms with Gasteiger partial charge in [-0.15, -0.1) is 0 Å². The van der Waals surface area contributed by atoms with Crippen LogP contribution in [0.5, 0.6) is 11.5 Å². The standard InChI is InChI=1S/C6H5NO2/c1-2-9-6-4-7-3-5(6)8-1/h1-4,7H. The summed E-state index contributed by atoms with van der Waals surface area (Å²) in [5, 5.41) is 0. The molecular weight excluding hydrogens is 118 g/mol. The van der Waals surface area contributed by atoms with Crippen molar-refractivity contribution < 1.29 is 9.47 Å². The van der Waals surface area contributed by atoms with Crippen LogP contribution < -0.4 is 9.47 Å². The maximum atomic E-state index is 5.03. The van der Waals surface area contributed by atoms with Crippen molar-refractivity contribution in [2.75, 3.05) is 0 Å². The average molecular weight is 123 g/mol. The average Bonchev–Trinajstić information content (AvgIpc) is 2.33. The van der Waals surface area contributed by atoms with E-state index in [-0.39, 0.29) is 0 Å². The van der Waals surface area contributed by atoms with Gasteiger partial charge in [0.1, 0.15) is 12.5 Å². The van der Waals surface area contributed by atoms with E-state index in [2.05, 4.69) is 4.98 Å². The molecule has 1 aliphatic heterocycles. The van der Waals surface area contributed by atoms with Gasteiger partial charge in [-0.3, -0.25) is 0 Å². The number of aromatic nitrogens is 1. The molecule has 46 valence electrons. The fourth-order valence-electron chi connectivity index (χ4n) is 0.722. The summed E-state index contributed by atoms with van der Waals surface area (Å²) in [6, 6.07) is 0. The fraction of sp³-hybridized carbons (Fsp3) is 0. The molecule has 9 heavy (non-hydrogen) atoms. The third-order valence-corrected chi connectivity index (χ3v) is 1.12. The molecule has 0 saturated carbocycles. The molecule has 0 fully saturated rings. The number of H-pyrrole nitrogens is 1. The lowest BCUT2D eigenvalue weighted by Crippen LogP contribution is -1.91. The van der Waals surface area contributed by atoms with Crippen LogP contribution in [-0.2, 0) is 0 Å². The maximum Gasteiger partial charge on any atom is 0.186 e. The molecular formula is C6H5NO2. The van der Waals surface area contributed by atoms with Crippen LogP contribution in [-0.4, -0.2) is 4.98 Å². The van der Waals surface area contributed by atoms with Crippen molar-refractivity contribution in [3.63, 3.8) is 0 Å². The molecule has 1 aliphatic rings. The topological polar surface area (TPSA) is 34.2 Å². The second kappa shape index (κ2) is 1.55. The van der Waals surface area contributed by atoms with Crippen molar-refractivity contribution in [3.8, 4) is 11.5 Å². The van der Waals surface area contributed by atoms with Gasteiger partial charge in [0, 0.05) is 12.4 Å². The van der Waals surface area contributed by atoms with Crippen molar-refractivity contribution in [2.24, 2.45) is 0 Å². The molecule has 1 aromatic rings. The zero-order valence-electron chi connectivity index (χ0n) is 4.63. The predicted molar refractivity (Wildman–Crippen MR) is 31.2 cm³/mol. The van der Waals surface area contributed by atoms with E-state index in [1.165, 1.54) is 12.5 Å². The predicted octanol–water partition coefficient (Wildman–Crippen LogP) is 1.26. The molecule has 0 bridgehead atoms. The number of rotatable bonds is 0. The van der Waals surface area contributed by atoms with Crippen LogP contribution >= 0.6 is 0 Å². The minimum absolute atomic E-state index is 0.734. The Hall–Kier alpha value is -1.38. The third kappa shape index (κ3) is 0.579.